The highest BCUT2D eigenvalue weighted by atomic mass is 16.3. The van der Waals surface area contributed by atoms with Crippen molar-refractivity contribution >= 4 is 17.7 Å². The Kier molecular flexibility index (Phi) is 18.3. The van der Waals surface area contributed by atoms with Crippen LogP contribution in [-0.2, 0) is 14.4 Å². The molecule has 1 fully saturated rings. The molecule has 6 N–H and O–H groups in total. The zero-order valence-corrected chi connectivity index (χ0v) is 23.7. The highest BCUT2D eigenvalue weighted by molar-refractivity contribution is 5.93. The van der Waals surface area contributed by atoms with Crippen molar-refractivity contribution in [3.05, 3.63) is 0 Å². The number of nitrogens with zero attached hydrogens (tertiary/aromatic N) is 1. The smallest absolute Gasteiger partial charge is 0.246 e. The highest BCUT2D eigenvalue weighted by Crippen LogP contribution is 2.24. The Labute approximate surface area is 225 Å². The van der Waals surface area contributed by atoms with E-state index < -0.39 is 18.0 Å². The van der Waals surface area contributed by atoms with Crippen LogP contribution in [0.3, 0.4) is 0 Å². The molecule has 0 saturated carbocycles. The first-order valence-electron chi connectivity index (χ1n) is 15.1. The van der Waals surface area contributed by atoms with Crippen molar-refractivity contribution < 1.29 is 19.5 Å². The van der Waals surface area contributed by atoms with Gasteiger partial charge in [0, 0.05) is 12.5 Å². The summed E-state index contributed by atoms with van der Waals surface area (Å²) in [6, 6.07) is -1.35. The van der Waals surface area contributed by atoms with Gasteiger partial charge in [-0.05, 0) is 58.4 Å². The van der Waals surface area contributed by atoms with Gasteiger partial charge in [0.2, 0.25) is 17.7 Å². The molecule has 0 aliphatic carbocycles. The standard InChI is InChI=1S/C29H56N4O4/c1-3-4-5-12-17-24(34)18-13-10-8-6-7-9-11-14-20-27(35)32-25-22-23(2)33(29(25)37)26(28(31)36)19-15-16-21-30/h23-26,34H,3-22,30H2,1-2H3,(H2,31,36)(H,32,35). The van der Waals surface area contributed by atoms with Crippen molar-refractivity contribution in [1.82, 2.24) is 10.2 Å². The predicted molar refractivity (Wildman–Crippen MR) is 150 cm³/mol. The minimum Gasteiger partial charge on any atom is -0.393 e. The molecule has 4 atom stereocenters. The first-order chi connectivity index (χ1) is 17.8. The number of primary amides is 1. The molecule has 0 aromatic carbocycles. The number of carbonyl (C=O) groups excluding carboxylic acids is 3. The van der Waals surface area contributed by atoms with Gasteiger partial charge in [-0.15, -0.1) is 0 Å². The van der Waals surface area contributed by atoms with E-state index >= 15 is 0 Å². The fourth-order valence-electron chi connectivity index (χ4n) is 5.38. The van der Waals surface area contributed by atoms with Crippen LogP contribution in [0.5, 0.6) is 0 Å². The number of aliphatic hydroxyl groups excluding tert-OH is 1. The van der Waals surface area contributed by atoms with Crippen molar-refractivity contribution in [3.8, 4) is 0 Å². The van der Waals surface area contributed by atoms with E-state index in [2.05, 4.69) is 12.2 Å². The second-order valence-electron chi connectivity index (χ2n) is 11.0. The van der Waals surface area contributed by atoms with Crippen molar-refractivity contribution in [2.45, 2.75) is 160 Å². The summed E-state index contributed by atoms with van der Waals surface area (Å²) in [5.41, 5.74) is 11.1. The average Bonchev–Trinajstić information content (AvgIpc) is 3.12. The Balaban J connectivity index is 2.13. The second-order valence-corrected chi connectivity index (χ2v) is 11.0. The van der Waals surface area contributed by atoms with Crippen molar-refractivity contribution in [2.24, 2.45) is 11.5 Å². The molecule has 1 saturated heterocycles. The largest absolute Gasteiger partial charge is 0.393 e. The molecule has 0 radical (unpaired) electrons. The van der Waals surface area contributed by atoms with Gasteiger partial charge < -0.3 is 26.8 Å². The van der Waals surface area contributed by atoms with Crippen LogP contribution in [0.25, 0.3) is 0 Å². The van der Waals surface area contributed by atoms with Gasteiger partial charge in [-0.25, -0.2) is 0 Å². The number of carbonyl (C=O) groups is 3. The van der Waals surface area contributed by atoms with Crippen LogP contribution in [-0.4, -0.2) is 58.5 Å². The first kappa shape index (κ1) is 33.4. The third-order valence-electron chi connectivity index (χ3n) is 7.62. The summed E-state index contributed by atoms with van der Waals surface area (Å²) < 4.78 is 0. The number of unbranched alkanes of at least 4 members (excludes halogenated alkanes) is 11. The monoisotopic (exact) mass is 524 g/mol. The Morgan fingerprint density at radius 1 is 0.919 bits per heavy atom. The Bertz CT molecular complexity index is 645. The fourth-order valence-corrected chi connectivity index (χ4v) is 5.38. The van der Waals surface area contributed by atoms with Crippen molar-refractivity contribution in [1.29, 1.82) is 0 Å². The molecule has 3 amide bonds. The maximum absolute atomic E-state index is 12.9. The van der Waals surface area contributed by atoms with E-state index in [1.54, 1.807) is 4.90 Å². The number of hydrogen-bond donors (Lipinski definition) is 4. The van der Waals surface area contributed by atoms with Gasteiger partial charge in [0.05, 0.1) is 6.10 Å². The van der Waals surface area contributed by atoms with E-state index in [1.165, 1.54) is 44.9 Å². The summed E-state index contributed by atoms with van der Waals surface area (Å²) in [4.78, 5) is 38.9. The zero-order valence-electron chi connectivity index (χ0n) is 23.7. The lowest BCUT2D eigenvalue weighted by Gasteiger charge is -2.29. The lowest BCUT2D eigenvalue weighted by molar-refractivity contribution is -0.139. The topological polar surface area (TPSA) is 139 Å². The highest BCUT2D eigenvalue weighted by Gasteiger charge is 2.42. The number of aliphatic hydroxyl groups is 1. The van der Waals surface area contributed by atoms with Gasteiger partial charge in [0.1, 0.15) is 12.1 Å². The SMILES string of the molecule is CCCCCCC(O)CCCCCCCCCCC(=O)NC1CC(C)N(C(CCCCN)C(N)=O)C1=O. The molecular formula is C29H56N4O4. The molecule has 0 aromatic rings. The number of likely N-dealkylation sites (tertiary alicyclic amines) is 1. The van der Waals surface area contributed by atoms with Gasteiger partial charge in [-0.3, -0.25) is 14.4 Å². The molecule has 1 aliphatic heterocycles. The lowest BCUT2D eigenvalue weighted by atomic mass is 10.0. The molecule has 0 aromatic heterocycles. The lowest BCUT2D eigenvalue weighted by Crippen LogP contribution is -2.50. The van der Waals surface area contributed by atoms with E-state index in [0.717, 1.165) is 57.8 Å². The van der Waals surface area contributed by atoms with Gasteiger partial charge in [-0.1, -0.05) is 77.6 Å². The second kappa shape index (κ2) is 20.3. The van der Waals surface area contributed by atoms with Crippen LogP contribution in [0.2, 0.25) is 0 Å². The Hall–Kier alpha value is -1.67. The Morgan fingerprint density at radius 2 is 1.46 bits per heavy atom. The minimum absolute atomic E-state index is 0.0978. The number of amides is 3. The van der Waals surface area contributed by atoms with Crippen LogP contribution in [0.4, 0.5) is 0 Å². The number of nitrogens with one attached hydrogen (secondary N) is 1. The molecular weight excluding hydrogens is 468 g/mol. The molecule has 1 aliphatic rings. The fraction of sp³-hybridized carbons (Fsp3) is 0.897. The number of hydrogen-bond acceptors (Lipinski definition) is 5. The summed E-state index contributed by atoms with van der Waals surface area (Å²) in [7, 11) is 0. The molecule has 1 rings (SSSR count). The van der Waals surface area contributed by atoms with E-state index in [1.807, 2.05) is 6.92 Å². The predicted octanol–water partition coefficient (Wildman–Crippen LogP) is 4.31. The molecule has 0 bridgehead atoms. The molecule has 4 unspecified atom stereocenters. The minimum atomic E-state index is -0.642. The molecule has 8 heteroatoms. The summed E-state index contributed by atoms with van der Waals surface area (Å²) in [6.45, 7) is 4.65. The summed E-state index contributed by atoms with van der Waals surface area (Å²) in [5.74, 6) is -0.805. The molecule has 8 nitrogen and oxygen atoms in total. The maximum Gasteiger partial charge on any atom is 0.246 e. The van der Waals surface area contributed by atoms with E-state index in [-0.39, 0.29) is 24.0 Å². The van der Waals surface area contributed by atoms with Crippen LogP contribution < -0.4 is 16.8 Å². The quantitative estimate of drug-likeness (QED) is 0.148. The van der Waals surface area contributed by atoms with E-state index in [9.17, 15) is 19.5 Å². The van der Waals surface area contributed by atoms with Crippen LogP contribution in [0.1, 0.15) is 136 Å². The van der Waals surface area contributed by atoms with Gasteiger partial charge in [0.15, 0.2) is 0 Å². The zero-order chi connectivity index (χ0) is 27.5. The Morgan fingerprint density at radius 3 is 2.03 bits per heavy atom. The van der Waals surface area contributed by atoms with Gasteiger partial charge >= 0.3 is 0 Å². The molecule has 216 valence electrons. The average molecular weight is 525 g/mol. The first-order valence-corrected chi connectivity index (χ1v) is 15.1. The summed E-state index contributed by atoms with van der Waals surface area (Å²) in [5, 5.41) is 12.9. The third kappa shape index (κ3) is 14.2. The van der Waals surface area contributed by atoms with E-state index in [4.69, 9.17) is 11.5 Å². The normalized spacial score (nSPS) is 19.2. The van der Waals surface area contributed by atoms with Gasteiger partial charge in [0.25, 0.3) is 0 Å². The van der Waals surface area contributed by atoms with E-state index in [0.29, 0.717) is 25.8 Å². The molecule has 1 heterocycles. The number of nitrogens with two attached hydrogens (primary N) is 2. The molecule has 37 heavy (non-hydrogen) atoms. The van der Waals surface area contributed by atoms with Crippen LogP contribution >= 0.6 is 0 Å². The van der Waals surface area contributed by atoms with Crippen molar-refractivity contribution in [2.75, 3.05) is 6.54 Å². The molecule has 0 spiro atoms. The maximum atomic E-state index is 12.9. The van der Waals surface area contributed by atoms with Crippen molar-refractivity contribution in [3.63, 3.8) is 0 Å². The van der Waals surface area contributed by atoms with Crippen LogP contribution in [0, 0.1) is 0 Å². The third-order valence-corrected chi connectivity index (χ3v) is 7.62. The van der Waals surface area contributed by atoms with Gasteiger partial charge in [-0.2, -0.15) is 0 Å². The van der Waals surface area contributed by atoms with Crippen LogP contribution in [0.15, 0.2) is 0 Å². The summed E-state index contributed by atoms with van der Waals surface area (Å²) in [6.07, 6.45) is 18.4. The number of rotatable bonds is 23. The summed E-state index contributed by atoms with van der Waals surface area (Å²) >= 11 is 0.